The number of carbonyl (C=O) groups excluding carboxylic acids is 1. The maximum Gasteiger partial charge on any atom is 0.306 e. The van der Waals surface area contributed by atoms with E-state index < -0.39 is 86.7 Å². The van der Waals surface area contributed by atoms with Gasteiger partial charge in [0.1, 0.15) is 54.9 Å². The van der Waals surface area contributed by atoms with Crippen LogP contribution >= 0.6 is 0 Å². The number of aliphatic hydroxyl groups is 7. The average molecular weight is 819 g/mol. The highest BCUT2D eigenvalue weighted by atomic mass is 16.7. The van der Waals surface area contributed by atoms with Gasteiger partial charge in [0, 0.05) is 13.0 Å². The first-order valence-electron chi connectivity index (χ1n) is 21.9. The Hall–Kier alpha value is -1.53. The molecular formula is C43H78O14. The highest BCUT2D eigenvalue weighted by Gasteiger charge is 2.47. The molecule has 2 aliphatic heterocycles. The van der Waals surface area contributed by atoms with Gasteiger partial charge in [-0.05, 0) is 38.5 Å². The molecule has 0 aromatic rings. The second-order valence-corrected chi connectivity index (χ2v) is 15.5. The largest absolute Gasteiger partial charge is 0.457 e. The monoisotopic (exact) mass is 819 g/mol. The molecule has 14 heteroatoms. The minimum atomic E-state index is -1.70. The lowest BCUT2D eigenvalue weighted by molar-refractivity contribution is -0.332. The Morgan fingerprint density at radius 2 is 1.12 bits per heavy atom. The lowest BCUT2D eigenvalue weighted by Crippen LogP contribution is -2.61. The van der Waals surface area contributed by atoms with Gasteiger partial charge in [-0.2, -0.15) is 0 Å². The Balaban J connectivity index is 1.84. The summed E-state index contributed by atoms with van der Waals surface area (Å²) in [6.07, 6.45) is 14.0. The molecule has 2 heterocycles. The Labute approximate surface area is 341 Å². The van der Waals surface area contributed by atoms with E-state index in [9.17, 15) is 40.5 Å². The number of hydrogen-bond acceptors (Lipinski definition) is 14. The molecule has 2 aliphatic rings. The Bertz CT molecular complexity index is 1040. The minimum Gasteiger partial charge on any atom is -0.457 e. The zero-order valence-corrected chi connectivity index (χ0v) is 34.8. The van der Waals surface area contributed by atoms with Crippen LogP contribution in [0.2, 0.25) is 0 Å². The van der Waals surface area contributed by atoms with Crippen molar-refractivity contribution in [2.75, 3.05) is 33.0 Å². The van der Waals surface area contributed by atoms with Gasteiger partial charge in [-0.15, -0.1) is 0 Å². The minimum absolute atomic E-state index is 0.0583. The molecule has 334 valence electrons. The summed E-state index contributed by atoms with van der Waals surface area (Å²) >= 11 is 0. The number of aliphatic hydroxyl groups excluding tert-OH is 7. The number of unbranched alkanes of at least 4 members (excludes halogenated alkanes) is 15. The van der Waals surface area contributed by atoms with Crippen LogP contribution in [0.5, 0.6) is 0 Å². The molecule has 57 heavy (non-hydrogen) atoms. The Morgan fingerprint density at radius 1 is 0.579 bits per heavy atom. The second-order valence-electron chi connectivity index (χ2n) is 15.5. The van der Waals surface area contributed by atoms with Crippen molar-refractivity contribution in [3.05, 3.63) is 24.3 Å². The van der Waals surface area contributed by atoms with Crippen molar-refractivity contribution < 1.29 is 69.0 Å². The Kier molecular flexibility index (Phi) is 29.2. The van der Waals surface area contributed by atoms with Gasteiger partial charge in [-0.1, -0.05) is 122 Å². The number of esters is 1. The van der Waals surface area contributed by atoms with Crippen LogP contribution in [0.4, 0.5) is 0 Å². The average Bonchev–Trinajstić information content (AvgIpc) is 3.20. The highest BCUT2D eigenvalue weighted by molar-refractivity contribution is 5.69. The maximum atomic E-state index is 12.9. The normalized spacial score (nSPS) is 28.7. The summed E-state index contributed by atoms with van der Waals surface area (Å²) in [5.41, 5.74) is 0. The van der Waals surface area contributed by atoms with Gasteiger partial charge in [0.05, 0.1) is 26.4 Å². The molecule has 14 nitrogen and oxygen atoms in total. The predicted molar refractivity (Wildman–Crippen MR) is 215 cm³/mol. The van der Waals surface area contributed by atoms with Gasteiger partial charge in [0.25, 0.3) is 0 Å². The van der Waals surface area contributed by atoms with Crippen molar-refractivity contribution in [2.24, 2.45) is 0 Å². The first-order chi connectivity index (χ1) is 27.6. The van der Waals surface area contributed by atoms with Gasteiger partial charge < -0.3 is 64.2 Å². The molecule has 7 N–H and O–H groups in total. The van der Waals surface area contributed by atoms with Crippen LogP contribution in [0.3, 0.4) is 0 Å². The molecule has 0 aromatic heterocycles. The topological polar surface area (TPSA) is 214 Å². The van der Waals surface area contributed by atoms with Gasteiger partial charge >= 0.3 is 5.97 Å². The summed E-state index contributed by atoms with van der Waals surface area (Å²) in [4.78, 5) is 12.9. The summed E-state index contributed by atoms with van der Waals surface area (Å²) in [7, 11) is 0. The van der Waals surface area contributed by atoms with Gasteiger partial charge in [-0.25, -0.2) is 0 Å². The maximum absolute atomic E-state index is 12.9. The number of ether oxygens (including phenoxy) is 6. The summed E-state index contributed by atoms with van der Waals surface area (Å²) in [5, 5.41) is 71.8. The SMILES string of the molecule is CCC/C=C\C/C=C\CCCCCCCC(=O)OC(COCCCCCCCCCCCC)COC1OC(COC2OC(CO)C(O)C(O)C2O)C(O)C(O)C1O. The third kappa shape index (κ3) is 21.5. The molecule has 2 saturated heterocycles. The molecule has 2 rings (SSSR count). The van der Waals surface area contributed by atoms with Gasteiger partial charge in [0.2, 0.25) is 0 Å². The summed E-state index contributed by atoms with van der Waals surface area (Å²) in [5.74, 6) is -0.392. The fourth-order valence-corrected chi connectivity index (χ4v) is 6.79. The fraction of sp³-hybridized carbons (Fsp3) is 0.884. The zero-order valence-electron chi connectivity index (χ0n) is 34.8. The first-order valence-corrected chi connectivity index (χ1v) is 21.9. The number of carbonyl (C=O) groups is 1. The van der Waals surface area contributed by atoms with Crippen molar-refractivity contribution in [3.8, 4) is 0 Å². The predicted octanol–water partition coefficient (Wildman–Crippen LogP) is 4.51. The third-order valence-electron chi connectivity index (χ3n) is 10.4. The number of hydrogen-bond donors (Lipinski definition) is 7. The molecule has 2 fully saturated rings. The van der Waals surface area contributed by atoms with E-state index in [4.69, 9.17) is 28.4 Å². The van der Waals surface area contributed by atoms with Crippen LogP contribution < -0.4 is 0 Å². The molecule has 11 unspecified atom stereocenters. The standard InChI is InChI=1S/C43H78O14/c1-3-5-7-9-11-13-15-16-17-18-20-22-24-26-35(45)55-32(29-52-27-25-23-21-19-14-12-10-8-6-4-2)30-53-42-41(51)39(49)37(47)34(57-42)31-54-43-40(50)38(48)36(46)33(28-44)56-43/h7,9,13,15,32-34,36-44,46-51H,3-6,8,10-12,14,16-31H2,1-2H3/b9-7-,15-13-. The highest BCUT2D eigenvalue weighted by Crippen LogP contribution is 2.26. The van der Waals surface area contributed by atoms with E-state index in [0.29, 0.717) is 13.0 Å². The van der Waals surface area contributed by atoms with Gasteiger partial charge in [-0.3, -0.25) is 4.79 Å². The van der Waals surface area contributed by atoms with Crippen LogP contribution in [0, 0.1) is 0 Å². The van der Waals surface area contributed by atoms with E-state index >= 15 is 0 Å². The quantitative estimate of drug-likeness (QED) is 0.0276. The van der Waals surface area contributed by atoms with Crippen LogP contribution in [-0.4, -0.2) is 142 Å². The van der Waals surface area contributed by atoms with E-state index in [-0.39, 0.29) is 19.6 Å². The lowest BCUT2D eigenvalue weighted by atomic mass is 9.98. The second kappa shape index (κ2) is 32.3. The van der Waals surface area contributed by atoms with Crippen molar-refractivity contribution in [1.82, 2.24) is 0 Å². The van der Waals surface area contributed by atoms with Gasteiger partial charge in [0.15, 0.2) is 12.6 Å². The van der Waals surface area contributed by atoms with E-state index in [0.717, 1.165) is 64.2 Å². The molecule has 11 atom stereocenters. The van der Waals surface area contributed by atoms with Crippen LogP contribution in [0.15, 0.2) is 24.3 Å². The van der Waals surface area contributed by atoms with Crippen molar-refractivity contribution in [1.29, 1.82) is 0 Å². The third-order valence-corrected chi connectivity index (χ3v) is 10.4. The van der Waals surface area contributed by atoms with Crippen molar-refractivity contribution in [3.63, 3.8) is 0 Å². The number of rotatable bonds is 33. The molecule has 0 saturated carbocycles. The van der Waals surface area contributed by atoms with Crippen LogP contribution in [-0.2, 0) is 33.2 Å². The van der Waals surface area contributed by atoms with Crippen LogP contribution in [0.25, 0.3) is 0 Å². The fourth-order valence-electron chi connectivity index (χ4n) is 6.79. The van der Waals surface area contributed by atoms with Crippen molar-refractivity contribution >= 4 is 5.97 Å². The molecule has 0 spiro atoms. The molecule has 0 bridgehead atoms. The number of allylic oxidation sites excluding steroid dienone is 4. The smallest absolute Gasteiger partial charge is 0.306 e. The van der Waals surface area contributed by atoms with Crippen molar-refractivity contribution in [2.45, 2.75) is 210 Å². The van der Waals surface area contributed by atoms with E-state index in [1.807, 2.05) is 0 Å². The molecule has 0 aromatic carbocycles. The molecule has 0 aliphatic carbocycles. The van der Waals surface area contributed by atoms with E-state index in [1.54, 1.807) is 0 Å². The summed E-state index contributed by atoms with van der Waals surface area (Å²) < 4.78 is 34.0. The molecular weight excluding hydrogens is 740 g/mol. The summed E-state index contributed by atoms with van der Waals surface area (Å²) in [6, 6.07) is 0. The summed E-state index contributed by atoms with van der Waals surface area (Å²) in [6.45, 7) is 3.57. The van der Waals surface area contributed by atoms with Crippen LogP contribution in [0.1, 0.15) is 142 Å². The Morgan fingerprint density at radius 3 is 1.75 bits per heavy atom. The lowest BCUT2D eigenvalue weighted by Gasteiger charge is -2.42. The molecule has 0 amide bonds. The first kappa shape index (κ1) is 51.6. The van der Waals surface area contributed by atoms with E-state index in [2.05, 4.69) is 38.2 Å². The molecule has 0 radical (unpaired) electrons. The van der Waals surface area contributed by atoms with E-state index in [1.165, 1.54) is 51.4 Å². The zero-order chi connectivity index (χ0) is 41.7.